The Morgan fingerprint density at radius 1 is 1.32 bits per heavy atom. The Hall–Kier alpha value is -1.12. The predicted molar refractivity (Wildman–Crippen MR) is 71.1 cm³/mol. The highest BCUT2D eigenvalue weighted by Crippen LogP contribution is 2.27. The molecular weight excluding hydrogens is 268 g/mol. The first-order valence-corrected chi connectivity index (χ1v) is 7.62. The van der Waals surface area contributed by atoms with Crippen LogP contribution < -0.4 is 5.73 Å². The minimum atomic E-state index is -3.62. The van der Waals surface area contributed by atoms with E-state index in [0.29, 0.717) is 18.8 Å². The van der Waals surface area contributed by atoms with Crippen molar-refractivity contribution < 1.29 is 13.2 Å². The molecule has 19 heavy (non-hydrogen) atoms. The van der Waals surface area contributed by atoms with Crippen molar-refractivity contribution >= 4 is 15.8 Å². The normalized spacial score (nSPS) is 25.7. The molecule has 7 nitrogen and oxygen atoms in total. The number of rotatable bonds is 2. The molecular formula is C11H20N4O3S. The molecule has 0 saturated carbocycles. The molecule has 2 unspecified atom stereocenters. The molecule has 1 saturated heterocycles. The van der Waals surface area contributed by atoms with Gasteiger partial charge in [-0.3, -0.25) is 4.68 Å². The lowest BCUT2D eigenvalue weighted by Crippen LogP contribution is -2.48. The van der Waals surface area contributed by atoms with Gasteiger partial charge >= 0.3 is 0 Å². The van der Waals surface area contributed by atoms with Crippen LogP contribution in [0, 0.1) is 6.92 Å². The van der Waals surface area contributed by atoms with Crippen LogP contribution in [0.5, 0.6) is 0 Å². The van der Waals surface area contributed by atoms with E-state index in [0.717, 1.165) is 0 Å². The Morgan fingerprint density at radius 2 is 1.84 bits per heavy atom. The number of nitrogen functional groups attached to an aromatic ring is 1. The van der Waals surface area contributed by atoms with Crippen molar-refractivity contribution in [3.05, 3.63) is 5.69 Å². The minimum Gasteiger partial charge on any atom is -0.381 e. The summed E-state index contributed by atoms with van der Waals surface area (Å²) in [4.78, 5) is 0.108. The van der Waals surface area contributed by atoms with Crippen molar-refractivity contribution in [2.45, 2.75) is 37.9 Å². The van der Waals surface area contributed by atoms with E-state index < -0.39 is 10.0 Å². The van der Waals surface area contributed by atoms with Crippen LogP contribution in [0.25, 0.3) is 0 Å². The molecule has 8 heteroatoms. The topological polar surface area (TPSA) is 90.4 Å². The third-order valence-electron chi connectivity index (χ3n) is 3.29. The maximum absolute atomic E-state index is 12.7. The van der Waals surface area contributed by atoms with Crippen molar-refractivity contribution in [1.82, 2.24) is 14.1 Å². The van der Waals surface area contributed by atoms with E-state index in [2.05, 4.69) is 5.10 Å². The van der Waals surface area contributed by atoms with Gasteiger partial charge in [0.2, 0.25) is 10.0 Å². The Kier molecular flexibility index (Phi) is 3.59. The van der Waals surface area contributed by atoms with Gasteiger partial charge in [0.05, 0.1) is 17.9 Å². The van der Waals surface area contributed by atoms with Crippen molar-refractivity contribution in [2.75, 3.05) is 18.8 Å². The molecule has 2 N–H and O–H groups in total. The highest BCUT2D eigenvalue weighted by atomic mass is 32.2. The highest BCUT2D eigenvalue weighted by molar-refractivity contribution is 7.89. The second-order valence-electron chi connectivity index (χ2n) is 5.00. The molecule has 2 heterocycles. The molecule has 2 atom stereocenters. The number of aromatic nitrogens is 2. The van der Waals surface area contributed by atoms with Gasteiger partial charge in [-0.15, -0.1) is 0 Å². The van der Waals surface area contributed by atoms with E-state index in [-0.39, 0.29) is 22.9 Å². The van der Waals surface area contributed by atoms with Crippen molar-refractivity contribution in [3.63, 3.8) is 0 Å². The first-order chi connectivity index (χ1) is 8.73. The summed E-state index contributed by atoms with van der Waals surface area (Å²) in [5.41, 5.74) is 6.28. The van der Waals surface area contributed by atoms with Crippen molar-refractivity contribution in [3.8, 4) is 0 Å². The fourth-order valence-corrected chi connectivity index (χ4v) is 4.27. The molecule has 1 aliphatic rings. The molecule has 2 rings (SSSR count). The molecule has 0 bridgehead atoms. The molecule has 1 aromatic heterocycles. The van der Waals surface area contributed by atoms with E-state index in [4.69, 9.17) is 10.5 Å². The number of nitrogens with two attached hydrogens (primary N) is 1. The highest BCUT2D eigenvalue weighted by Gasteiger charge is 2.35. The molecule has 108 valence electrons. The van der Waals surface area contributed by atoms with E-state index in [1.807, 2.05) is 13.8 Å². The van der Waals surface area contributed by atoms with Crippen LogP contribution >= 0.6 is 0 Å². The van der Waals surface area contributed by atoms with Gasteiger partial charge in [-0.05, 0) is 20.8 Å². The number of ether oxygens (including phenoxy) is 1. The fraction of sp³-hybridized carbons (Fsp3) is 0.727. The van der Waals surface area contributed by atoms with Crippen LogP contribution in [0.3, 0.4) is 0 Å². The zero-order chi connectivity index (χ0) is 14.4. The quantitative estimate of drug-likeness (QED) is 0.834. The minimum absolute atomic E-state index is 0.0480. The summed E-state index contributed by atoms with van der Waals surface area (Å²) >= 11 is 0. The molecule has 1 aromatic rings. The number of morpholine rings is 1. The largest absolute Gasteiger partial charge is 0.381 e. The summed E-state index contributed by atoms with van der Waals surface area (Å²) in [6.45, 7) is 6.08. The van der Waals surface area contributed by atoms with Crippen LogP contribution in [0.2, 0.25) is 0 Å². The molecule has 0 spiro atoms. The van der Waals surface area contributed by atoms with E-state index in [9.17, 15) is 8.42 Å². The molecule has 0 radical (unpaired) electrons. The van der Waals surface area contributed by atoms with Gasteiger partial charge in [-0.25, -0.2) is 8.42 Å². The summed E-state index contributed by atoms with van der Waals surface area (Å²) in [5, 5.41) is 3.97. The Morgan fingerprint density at radius 3 is 2.26 bits per heavy atom. The van der Waals surface area contributed by atoms with Crippen LogP contribution in [-0.4, -0.2) is 47.8 Å². The van der Waals surface area contributed by atoms with E-state index in [1.54, 1.807) is 14.0 Å². The standard InChI is InChI=1S/C11H20N4O3S/c1-7-5-15(6-8(2)18-7)19(16,17)10-9(3)14(4)13-11(10)12/h7-8H,5-6H2,1-4H3,(H2,12,13). The maximum atomic E-state index is 12.7. The van der Waals surface area contributed by atoms with E-state index in [1.165, 1.54) is 8.99 Å². The summed E-state index contributed by atoms with van der Waals surface area (Å²) in [6.07, 6.45) is -0.256. The predicted octanol–water partition coefficient (Wildman–Crippen LogP) is 0.109. The van der Waals surface area contributed by atoms with Gasteiger partial charge in [0, 0.05) is 20.1 Å². The Balaban J connectivity index is 2.42. The third-order valence-corrected chi connectivity index (χ3v) is 5.29. The zero-order valence-electron chi connectivity index (χ0n) is 11.6. The van der Waals surface area contributed by atoms with Gasteiger partial charge in [-0.1, -0.05) is 0 Å². The van der Waals surface area contributed by atoms with Crippen molar-refractivity contribution in [1.29, 1.82) is 0 Å². The second kappa shape index (κ2) is 4.77. The van der Waals surface area contributed by atoms with Crippen LogP contribution in [0.4, 0.5) is 5.82 Å². The van der Waals surface area contributed by atoms with Gasteiger partial charge in [0.1, 0.15) is 4.90 Å². The lowest BCUT2D eigenvalue weighted by atomic mass is 10.3. The van der Waals surface area contributed by atoms with Crippen molar-refractivity contribution in [2.24, 2.45) is 7.05 Å². The van der Waals surface area contributed by atoms with Gasteiger partial charge in [0.15, 0.2) is 5.82 Å². The van der Waals surface area contributed by atoms with E-state index >= 15 is 0 Å². The molecule has 1 aliphatic heterocycles. The Labute approximate surface area is 113 Å². The van der Waals surface area contributed by atoms with Gasteiger partial charge in [0.25, 0.3) is 0 Å². The second-order valence-corrected chi connectivity index (χ2v) is 6.88. The molecule has 0 aromatic carbocycles. The third kappa shape index (κ3) is 2.47. The molecule has 1 fully saturated rings. The average Bonchev–Trinajstić information content (AvgIpc) is 2.51. The first kappa shape index (κ1) is 14.3. The number of nitrogens with zero attached hydrogens (tertiary/aromatic N) is 3. The number of hydrogen-bond acceptors (Lipinski definition) is 5. The smallest absolute Gasteiger partial charge is 0.248 e. The lowest BCUT2D eigenvalue weighted by Gasteiger charge is -2.34. The Bertz CT molecular complexity index is 571. The maximum Gasteiger partial charge on any atom is 0.248 e. The summed E-state index contributed by atoms with van der Waals surface area (Å²) in [7, 11) is -1.95. The monoisotopic (exact) mass is 288 g/mol. The number of aryl methyl sites for hydroxylation is 1. The SMILES string of the molecule is Cc1c(S(=O)(=O)N2CC(C)OC(C)C2)c(N)nn1C. The van der Waals surface area contributed by atoms with Gasteiger partial charge < -0.3 is 10.5 Å². The number of anilines is 1. The van der Waals surface area contributed by atoms with Crippen LogP contribution in [0.1, 0.15) is 19.5 Å². The van der Waals surface area contributed by atoms with Crippen LogP contribution in [0.15, 0.2) is 4.90 Å². The molecule has 0 aliphatic carbocycles. The summed E-state index contributed by atoms with van der Waals surface area (Å²) in [5.74, 6) is 0.0480. The fourth-order valence-electron chi connectivity index (χ4n) is 2.39. The molecule has 0 amide bonds. The van der Waals surface area contributed by atoms with Gasteiger partial charge in [-0.2, -0.15) is 9.40 Å². The lowest BCUT2D eigenvalue weighted by molar-refractivity contribution is -0.0440. The van der Waals surface area contributed by atoms with Crippen LogP contribution in [-0.2, 0) is 21.8 Å². The zero-order valence-corrected chi connectivity index (χ0v) is 12.4. The first-order valence-electron chi connectivity index (χ1n) is 6.18. The summed E-state index contributed by atoms with van der Waals surface area (Å²) in [6, 6.07) is 0. The average molecular weight is 288 g/mol. The number of hydrogen-bond donors (Lipinski definition) is 1. The summed E-state index contributed by atoms with van der Waals surface area (Å²) < 4.78 is 33.8. The number of sulfonamides is 1.